The van der Waals surface area contributed by atoms with E-state index in [1.54, 1.807) is 10.9 Å². The fourth-order valence-electron chi connectivity index (χ4n) is 2.49. The van der Waals surface area contributed by atoms with Crippen LogP contribution in [0.4, 0.5) is 5.69 Å². The molecule has 0 spiro atoms. The van der Waals surface area contributed by atoms with Crippen molar-refractivity contribution in [2.24, 2.45) is 0 Å². The van der Waals surface area contributed by atoms with Crippen molar-refractivity contribution in [3.05, 3.63) is 12.4 Å². The van der Waals surface area contributed by atoms with Gasteiger partial charge in [-0.3, -0.25) is 9.48 Å². The molecule has 1 saturated carbocycles. The Morgan fingerprint density at radius 1 is 1.56 bits per heavy atom. The molecule has 1 aliphatic rings. The molecule has 2 rings (SSSR count). The van der Waals surface area contributed by atoms with E-state index in [2.05, 4.69) is 17.3 Å². The highest BCUT2D eigenvalue weighted by Gasteiger charge is 2.33. The van der Waals surface area contributed by atoms with E-state index in [4.69, 9.17) is 0 Å². The van der Waals surface area contributed by atoms with Crippen LogP contribution in [0.1, 0.15) is 45.4 Å². The lowest BCUT2D eigenvalue weighted by atomic mass is 9.98. The molecule has 1 aliphatic carbocycles. The summed E-state index contributed by atoms with van der Waals surface area (Å²) in [5.74, 6) is -0.129. The minimum Gasteiger partial charge on any atom is -0.389 e. The number of hydrogen-bond donors (Lipinski definition) is 2. The van der Waals surface area contributed by atoms with Crippen molar-refractivity contribution in [3.8, 4) is 0 Å². The van der Waals surface area contributed by atoms with Crippen LogP contribution >= 0.6 is 0 Å². The van der Waals surface area contributed by atoms with Crippen LogP contribution in [0.5, 0.6) is 0 Å². The molecule has 5 nitrogen and oxygen atoms in total. The van der Waals surface area contributed by atoms with Crippen LogP contribution in [-0.4, -0.2) is 26.4 Å². The monoisotopic (exact) mass is 251 g/mol. The number of carbonyl (C=O) groups is 1. The molecule has 0 radical (unpaired) electrons. The fraction of sp³-hybridized carbons (Fsp3) is 0.692. The smallest absolute Gasteiger partial charge is 0.227 e. The molecule has 1 aromatic rings. The van der Waals surface area contributed by atoms with Gasteiger partial charge >= 0.3 is 0 Å². The zero-order valence-electron chi connectivity index (χ0n) is 10.9. The van der Waals surface area contributed by atoms with E-state index in [1.165, 1.54) is 0 Å². The van der Waals surface area contributed by atoms with Gasteiger partial charge in [-0.15, -0.1) is 0 Å². The van der Waals surface area contributed by atoms with Crippen molar-refractivity contribution < 1.29 is 9.90 Å². The molecular formula is C13H21N3O2. The topological polar surface area (TPSA) is 67.2 Å². The average Bonchev–Trinajstić information content (AvgIpc) is 2.89. The predicted octanol–water partition coefficient (Wildman–Crippen LogP) is 1.93. The van der Waals surface area contributed by atoms with E-state index in [1.807, 2.05) is 6.20 Å². The van der Waals surface area contributed by atoms with Gasteiger partial charge in [0.1, 0.15) is 0 Å². The van der Waals surface area contributed by atoms with Gasteiger partial charge in [-0.25, -0.2) is 0 Å². The first kappa shape index (κ1) is 13.1. The lowest BCUT2D eigenvalue weighted by molar-refractivity contribution is -0.120. The molecular weight excluding hydrogens is 230 g/mol. The second-order valence-corrected chi connectivity index (χ2v) is 5.15. The second-order valence-electron chi connectivity index (χ2n) is 5.15. The van der Waals surface area contributed by atoms with Gasteiger partial charge in [-0.05, 0) is 19.3 Å². The molecule has 18 heavy (non-hydrogen) atoms. The SMILES string of the molecule is CCCn1cc(NC(=O)CC2(O)CCCC2)cn1. The van der Waals surface area contributed by atoms with Crippen LogP contribution in [-0.2, 0) is 11.3 Å². The van der Waals surface area contributed by atoms with E-state index in [9.17, 15) is 9.90 Å². The summed E-state index contributed by atoms with van der Waals surface area (Å²) >= 11 is 0. The molecule has 0 atom stereocenters. The van der Waals surface area contributed by atoms with Crippen molar-refractivity contribution in [2.75, 3.05) is 5.32 Å². The molecule has 1 fully saturated rings. The van der Waals surface area contributed by atoms with Crippen LogP contribution in [0.2, 0.25) is 0 Å². The number of hydrogen-bond acceptors (Lipinski definition) is 3. The second kappa shape index (κ2) is 5.52. The normalized spacial score (nSPS) is 17.9. The first-order chi connectivity index (χ1) is 8.61. The number of rotatable bonds is 5. The number of nitrogens with zero attached hydrogens (tertiary/aromatic N) is 2. The standard InChI is InChI=1S/C13H21N3O2/c1-2-7-16-10-11(9-14-16)15-12(17)8-13(18)5-3-4-6-13/h9-10,18H,2-8H2,1H3,(H,15,17). The molecule has 1 amide bonds. The number of aliphatic hydroxyl groups is 1. The zero-order chi connectivity index (χ0) is 13.0. The molecule has 5 heteroatoms. The van der Waals surface area contributed by atoms with Crippen molar-refractivity contribution >= 4 is 11.6 Å². The molecule has 0 saturated heterocycles. The molecule has 1 heterocycles. The summed E-state index contributed by atoms with van der Waals surface area (Å²) in [6, 6.07) is 0. The van der Waals surface area contributed by atoms with Crippen molar-refractivity contribution in [2.45, 2.75) is 57.6 Å². The molecule has 0 unspecified atom stereocenters. The van der Waals surface area contributed by atoms with Crippen LogP contribution in [0.3, 0.4) is 0 Å². The molecule has 2 N–H and O–H groups in total. The van der Waals surface area contributed by atoms with E-state index in [0.29, 0.717) is 5.69 Å². The van der Waals surface area contributed by atoms with Gasteiger partial charge < -0.3 is 10.4 Å². The largest absolute Gasteiger partial charge is 0.389 e. The molecule has 0 bridgehead atoms. The maximum atomic E-state index is 11.8. The molecule has 0 aromatic carbocycles. The minimum absolute atomic E-state index is 0.129. The number of aryl methyl sites for hydroxylation is 1. The number of aromatic nitrogens is 2. The number of carbonyl (C=O) groups excluding carboxylic acids is 1. The van der Waals surface area contributed by atoms with Gasteiger partial charge in [0.2, 0.25) is 5.91 Å². The third-order valence-electron chi connectivity index (χ3n) is 3.39. The maximum absolute atomic E-state index is 11.8. The van der Waals surface area contributed by atoms with Gasteiger partial charge in [0, 0.05) is 12.7 Å². The summed E-state index contributed by atoms with van der Waals surface area (Å²) in [7, 11) is 0. The van der Waals surface area contributed by atoms with E-state index >= 15 is 0 Å². The van der Waals surface area contributed by atoms with Gasteiger partial charge in [0.25, 0.3) is 0 Å². The summed E-state index contributed by atoms with van der Waals surface area (Å²) < 4.78 is 1.81. The van der Waals surface area contributed by atoms with Gasteiger partial charge in [-0.1, -0.05) is 19.8 Å². The van der Waals surface area contributed by atoms with Crippen LogP contribution < -0.4 is 5.32 Å². The number of nitrogens with one attached hydrogen (secondary N) is 1. The first-order valence-electron chi connectivity index (χ1n) is 6.66. The van der Waals surface area contributed by atoms with Crippen molar-refractivity contribution in [1.82, 2.24) is 9.78 Å². The Morgan fingerprint density at radius 2 is 2.28 bits per heavy atom. The number of anilines is 1. The molecule has 0 aliphatic heterocycles. The maximum Gasteiger partial charge on any atom is 0.227 e. The van der Waals surface area contributed by atoms with E-state index < -0.39 is 5.60 Å². The van der Waals surface area contributed by atoms with Gasteiger partial charge in [0.05, 0.1) is 23.9 Å². The third-order valence-corrected chi connectivity index (χ3v) is 3.39. The Balaban J connectivity index is 1.86. The van der Waals surface area contributed by atoms with Gasteiger partial charge in [-0.2, -0.15) is 5.10 Å². The van der Waals surface area contributed by atoms with Crippen molar-refractivity contribution in [1.29, 1.82) is 0 Å². The quantitative estimate of drug-likeness (QED) is 0.840. The summed E-state index contributed by atoms with van der Waals surface area (Å²) in [5, 5.41) is 17.1. The summed E-state index contributed by atoms with van der Waals surface area (Å²) in [5.41, 5.74) is -0.0845. The lowest BCUT2D eigenvalue weighted by Gasteiger charge is -2.20. The molecule has 100 valence electrons. The highest BCUT2D eigenvalue weighted by atomic mass is 16.3. The Morgan fingerprint density at radius 3 is 2.94 bits per heavy atom. The highest BCUT2D eigenvalue weighted by Crippen LogP contribution is 2.32. The Bertz CT molecular complexity index is 408. The number of amides is 1. The summed E-state index contributed by atoms with van der Waals surface area (Å²) in [6.07, 6.45) is 8.15. The first-order valence-corrected chi connectivity index (χ1v) is 6.66. The van der Waals surface area contributed by atoms with Crippen LogP contribution in [0, 0.1) is 0 Å². The fourth-order valence-corrected chi connectivity index (χ4v) is 2.49. The summed E-state index contributed by atoms with van der Waals surface area (Å²) in [6.45, 7) is 2.93. The third kappa shape index (κ3) is 3.32. The van der Waals surface area contributed by atoms with E-state index in [-0.39, 0.29) is 12.3 Å². The summed E-state index contributed by atoms with van der Waals surface area (Å²) in [4.78, 5) is 11.8. The lowest BCUT2D eigenvalue weighted by Crippen LogP contribution is -2.30. The average molecular weight is 251 g/mol. The highest BCUT2D eigenvalue weighted by molar-refractivity contribution is 5.91. The van der Waals surface area contributed by atoms with Gasteiger partial charge in [0.15, 0.2) is 0 Å². The Hall–Kier alpha value is -1.36. The van der Waals surface area contributed by atoms with E-state index in [0.717, 1.165) is 38.6 Å². The van der Waals surface area contributed by atoms with Crippen LogP contribution in [0.25, 0.3) is 0 Å². The van der Waals surface area contributed by atoms with Crippen molar-refractivity contribution in [3.63, 3.8) is 0 Å². The molecule has 1 aromatic heterocycles. The Kier molecular flexibility index (Phi) is 4.01. The zero-order valence-corrected chi connectivity index (χ0v) is 10.9. The Labute approximate surface area is 107 Å². The predicted molar refractivity (Wildman–Crippen MR) is 69.2 cm³/mol. The minimum atomic E-state index is -0.788. The van der Waals surface area contributed by atoms with Crippen LogP contribution in [0.15, 0.2) is 12.4 Å².